The Bertz CT molecular complexity index is 495. The minimum atomic E-state index is -0.428. The highest BCUT2D eigenvalue weighted by Gasteiger charge is 2.24. The zero-order valence-electron chi connectivity index (χ0n) is 12.2. The highest BCUT2D eigenvalue weighted by Crippen LogP contribution is 2.28. The number of rotatable bonds is 7. The molecule has 21 heavy (non-hydrogen) atoms. The second-order valence-electron chi connectivity index (χ2n) is 5.46. The smallest absolute Gasteiger partial charge is 0.311 e. The van der Waals surface area contributed by atoms with Gasteiger partial charge < -0.3 is 15.7 Å². The second-order valence-corrected chi connectivity index (χ2v) is 5.46. The summed E-state index contributed by atoms with van der Waals surface area (Å²) in [5, 5.41) is 26.8. The van der Waals surface area contributed by atoms with Crippen molar-refractivity contribution < 1.29 is 10.0 Å². The molecule has 1 aliphatic rings. The lowest BCUT2D eigenvalue weighted by Crippen LogP contribution is -2.15. The van der Waals surface area contributed by atoms with E-state index in [9.17, 15) is 15.2 Å². The van der Waals surface area contributed by atoms with Crippen LogP contribution in [0.1, 0.15) is 32.6 Å². The van der Waals surface area contributed by atoms with Gasteiger partial charge in [0.2, 0.25) is 5.82 Å². The molecule has 1 fully saturated rings. The average Bonchev–Trinajstić information content (AvgIpc) is 2.88. The van der Waals surface area contributed by atoms with Crippen molar-refractivity contribution in [2.24, 2.45) is 5.92 Å². The van der Waals surface area contributed by atoms with Gasteiger partial charge in [-0.25, -0.2) is 4.98 Å². The van der Waals surface area contributed by atoms with Crippen LogP contribution in [0.25, 0.3) is 0 Å². The second kappa shape index (κ2) is 7.21. The fourth-order valence-corrected chi connectivity index (χ4v) is 2.56. The summed E-state index contributed by atoms with van der Waals surface area (Å²) in [6, 6.07) is 3.09. The molecule has 1 aromatic rings. The fraction of sp³-hybridized carbons (Fsp3) is 0.643. The normalized spacial score (nSPS) is 21.2. The SMILES string of the molecule is CCCNc1ccc([N+](=O)[O-])c(NCC2CCC(O)C2)n1. The summed E-state index contributed by atoms with van der Waals surface area (Å²) in [5.74, 6) is 1.27. The third kappa shape index (κ3) is 4.29. The van der Waals surface area contributed by atoms with Crippen LogP contribution < -0.4 is 10.6 Å². The first-order chi connectivity index (χ1) is 10.1. The van der Waals surface area contributed by atoms with Crippen molar-refractivity contribution in [2.45, 2.75) is 38.7 Å². The van der Waals surface area contributed by atoms with Gasteiger partial charge in [-0.1, -0.05) is 6.92 Å². The number of nitro groups is 1. The third-order valence-electron chi connectivity index (χ3n) is 3.70. The maximum absolute atomic E-state index is 11.1. The molecular weight excluding hydrogens is 272 g/mol. The number of hydrogen-bond donors (Lipinski definition) is 3. The van der Waals surface area contributed by atoms with Crippen molar-refractivity contribution in [3.05, 3.63) is 22.2 Å². The van der Waals surface area contributed by atoms with E-state index in [1.807, 2.05) is 6.92 Å². The van der Waals surface area contributed by atoms with Crippen molar-refractivity contribution >= 4 is 17.3 Å². The molecule has 2 atom stereocenters. The van der Waals surface area contributed by atoms with Gasteiger partial charge in [0, 0.05) is 19.2 Å². The van der Waals surface area contributed by atoms with Crippen molar-refractivity contribution in [3.8, 4) is 0 Å². The first kappa shape index (κ1) is 15.5. The monoisotopic (exact) mass is 294 g/mol. The molecule has 2 rings (SSSR count). The van der Waals surface area contributed by atoms with E-state index in [1.165, 1.54) is 6.07 Å². The van der Waals surface area contributed by atoms with Crippen LogP contribution in [-0.4, -0.2) is 34.2 Å². The number of aliphatic hydroxyl groups excluding tert-OH is 1. The van der Waals surface area contributed by atoms with E-state index in [-0.39, 0.29) is 11.8 Å². The summed E-state index contributed by atoms with van der Waals surface area (Å²) in [6.07, 6.45) is 3.21. The molecule has 1 aromatic heterocycles. The minimum absolute atomic E-state index is 0.0180. The molecule has 0 aromatic carbocycles. The van der Waals surface area contributed by atoms with E-state index in [0.717, 1.165) is 32.2 Å². The molecule has 0 aliphatic heterocycles. The van der Waals surface area contributed by atoms with Gasteiger partial charge in [0.15, 0.2) is 0 Å². The Morgan fingerprint density at radius 1 is 1.43 bits per heavy atom. The van der Waals surface area contributed by atoms with Crippen molar-refractivity contribution in [1.82, 2.24) is 4.98 Å². The summed E-state index contributed by atoms with van der Waals surface area (Å²) < 4.78 is 0. The molecule has 116 valence electrons. The molecule has 1 saturated carbocycles. The maximum Gasteiger partial charge on any atom is 0.311 e. The number of nitrogens with zero attached hydrogens (tertiary/aromatic N) is 2. The predicted octanol–water partition coefficient (Wildman–Crippen LogP) is 2.38. The quantitative estimate of drug-likeness (QED) is 0.527. The summed E-state index contributed by atoms with van der Waals surface area (Å²) >= 11 is 0. The molecular formula is C14H22N4O3. The van der Waals surface area contributed by atoms with Gasteiger partial charge in [-0.2, -0.15) is 0 Å². The maximum atomic E-state index is 11.1. The molecule has 3 N–H and O–H groups in total. The van der Waals surface area contributed by atoms with Crippen LogP contribution >= 0.6 is 0 Å². The van der Waals surface area contributed by atoms with Crippen LogP contribution in [0.5, 0.6) is 0 Å². The van der Waals surface area contributed by atoms with Crippen LogP contribution in [0.2, 0.25) is 0 Å². The van der Waals surface area contributed by atoms with Crippen LogP contribution in [0.3, 0.4) is 0 Å². The fourth-order valence-electron chi connectivity index (χ4n) is 2.56. The van der Waals surface area contributed by atoms with E-state index >= 15 is 0 Å². The van der Waals surface area contributed by atoms with Crippen LogP contribution in [0.4, 0.5) is 17.3 Å². The molecule has 1 aliphatic carbocycles. The molecule has 0 saturated heterocycles. The summed E-state index contributed by atoms with van der Waals surface area (Å²) in [6.45, 7) is 3.42. The highest BCUT2D eigenvalue weighted by atomic mass is 16.6. The highest BCUT2D eigenvalue weighted by molar-refractivity contribution is 5.60. The lowest BCUT2D eigenvalue weighted by molar-refractivity contribution is -0.384. The standard InChI is InChI=1S/C14H22N4O3/c1-2-7-15-13-6-5-12(18(20)21)14(17-13)16-9-10-3-4-11(19)8-10/h5-6,10-11,19H,2-4,7-9H2,1H3,(H2,15,16,17). The predicted molar refractivity (Wildman–Crippen MR) is 81.5 cm³/mol. The van der Waals surface area contributed by atoms with E-state index in [1.54, 1.807) is 6.07 Å². The Morgan fingerprint density at radius 2 is 2.24 bits per heavy atom. The van der Waals surface area contributed by atoms with Crippen molar-refractivity contribution in [1.29, 1.82) is 0 Å². The van der Waals surface area contributed by atoms with Gasteiger partial charge in [-0.3, -0.25) is 10.1 Å². The Balaban J connectivity index is 2.05. The third-order valence-corrected chi connectivity index (χ3v) is 3.70. The average molecular weight is 294 g/mol. The Morgan fingerprint density at radius 3 is 2.86 bits per heavy atom. The summed E-state index contributed by atoms with van der Waals surface area (Å²) in [4.78, 5) is 14.9. The van der Waals surface area contributed by atoms with Gasteiger partial charge in [0.25, 0.3) is 0 Å². The molecule has 0 spiro atoms. The van der Waals surface area contributed by atoms with Crippen LogP contribution in [-0.2, 0) is 0 Å². The lowest BCUT2D eigenvalue weighted by atomic mass is 10.1. The Hall–Kier alpha value is -1.89. The molecule has 0 amide bonds. The zero-order valence-corrected chi connectivity index (χ0v) is 12.2. The minimum Gasteiger partial charge on any atom is -0.393 e. The van der Waals surface area contributed by atoms with E-state index in [0.29, 0.717) is 24.1 Å². The first-order valence-electron chi connectivity index (χ1n) is 7.41. The molecule has 1 heterocycles. The topological polar surface area (TPSA) is 100 Å². The molecule has 0 bridgehead atoms. The van der Waals surface area contributed by atoms with Gasteiger partial charge in [0.1, 0.15) is 5.82 Å². The van der Waals surface area contributed by atoms with Crippen LogP contribution in [0.15, 0.2) is 12.1 Å². The van der Waals surface area contributed by atoms with Gasteiger partial charge in [-0.05, 0) is 37.7 Å². The summed E-state index contributed by atoms with van der Waals surface area (Å²) in [7, 11) is 0. The Kier molecular flexibility index (Phi) is 5.32. The van der Waals surface area contributed by atoms with Crippen molar-refractivity contribution in [2.75, 3.05) is 23.7 Å². The molecule has 2 unspecified atom stereocenters. The summed E-state index contributed by atoms with van der Waals surface area (Å²) in [5.41, 5.74) is -0.0180. The largest absolute Gasteiger partial charge is 0.393 e. The van der Waals surface area contributed by atoms with E-state index in [4.69, 9.17) is 0 Å². The number of aliphatic hydroxyl groups is 1. The molecule has 7 heteroatoms. The van der Waals surface area contributed by atoms with Crippen LogP contribution in [0, 0.1) is 16.0 Å². The zero-order chi connectivity index (χ0) is 15.2. The molecule has 0 radical (unpaired) electrons. The number of aromatic nitrogens is 1. The Labute approximate surface area is 123 Å². The number of nitrogens with one attached hydrogen (secondary N) is 2. The van der Waals surface area contributed by atoms with Gasteiger partial charge in [0.05, 0.1) is 11.0 Å². The van der Waals surface area contributed by atoms with Crippen molar-refractivity contribution in [3.63, 3.8) is 0 Å². The number of anilines is 2. The number of pyridine rings is 1. The first-order valence-corrected chi connectivity index (χ1v) is 7.41. The number of hydrogen-bond acceptors (Lipinski definition) is 6. The van der Waals surface area contributed by atoms with E-state index < -0.39 is 4.92 Å². The lowest BCUT2D eigenvalue weighted by Gasteiger charge is -2.13. The molecule has 7 nitrogen and oxygen atoms in total. The van der Waals surface area contributed by atoms with Gasteiger partial charge in [-0.15, -0.1) is 0 Å². The van der Waals surface area contributed by atoms with Gasteiger partial charge >= 0.3 is 5.69 Å². The van der Waals surface area contributed by atoms with E-state index in [2.05, 4.69) is 15.6 Å².